The normalized spacial score (nSPS) is 20.4. The number of hydrogen-bond donors (Lipinski definition) is 2. The van der Waals surface area contributed by atoms with Crippen molar-refractivity contribution >= 4 is 10.0 Å². The summed E-state index contributed by atoms with van der Waals surface area (Å²) in [7, 11) is 0.640. The van der Waals surface area contributed by atoms with Gasteiger partial charge in [0.1, 0.15) is 0 Å². The Morgan fingerprint density at radius 2 is 1.90 bits per heavy atom. The van der Waals surface area contributed by atoms with Gasteiger partial charge in [-0.3, -0.25) is 0 Å². The molecule has 2 N–H and O–H groups in total. The Kier molecular flexibility index (Phi) is 5.15. The fraction of sp³-hybridized carbons (Fsp3) is 0.571. The van der Waals surface area contributed by atoms with Crippen molar-refractivity contribution in [2.75, 3.05) is 27.2 Å². The van der Waals surface area contributed by atoms with Crippen LogP contribution >= 0.6 is 0 Å². The Labute approximate surface area is 121 Å². The lowest BCUT2D eigenvalue weighted by molar-refractivity contribution is 0.407. The van der Waals surface area contributed by atoms with Crippen LogP contribution in [-0.2, 0) is 22.3 Å². The molecule has 1 unspecified atom stereocenters. The first-order valence-electron chi connectivity index (χ1n) is 6.89. The molecule has 0 amide bonds. The minimum atomic E-state index is -3.26. The Bertz CT molecular complexity index is 528. The SMILES string of the molecule is CNCc1ccc(CS(=O)(=O)NC2CCN(C)C2)cc1. The van der Waals surface area contributed by atoms with Crippen molar-refractivity contribution in [3.05, 3.63) is 35.4 Å². The van der Waals surface area contributed by atoms with Crippen LogP contribution in [-0.4, -0.2) is 46.5 Å². The first-order valence-corrected chi connectivity index (χ1v) is 8.55. The molecule has 112 valence electrons. The Morgan fingerprint density at radius 3 is 2.45 bits per heavy atom. The van der Waals surface area contributed by atoms with E-state index in [1.165, 1.54) is 0 Å². The highest BCUT2D eigenvalue weighted by Gasteiger charge is 2.24. The van der Waals surface area contributed by atoms with E-state index in [1.807, 2.05) is 38.4 Å². The number of hydrogen-bond acceptors (Lipinski definition) is 4. The van der Waals surface area contributed by atoms with Crippen molar-refractivity contribution < 1.29 is 8.42 Å². The van der Waals surface area contributed by atoms with Gasteiger partial charge in [0.15, 0.2) is 0 Å². The molecule has 5 nitrogen and oxygen atoms in total. The van der Waals surface area contributed by atoms with Gasteiger partial charge in [-0.2, -0.15) is 0 Å². The van der Waals surface area contributed by atoms with Crippen molar-refractivity contribution in [1.82, 2.24) is 14.9 Å². The van der Waals surface area contributed by atoms with Crippen molar-refractivity contribution in [1.29, 1.82) is 0 Å². The molecular weight excluding hydrogens is 274 g/mol. The lowest BCUT2D eigenvalue weighted by atomic mass is 10.1. The van der Waals surface area contributed by atoms with Crippen LogP contribution in [0.5, 0.6) is 0 Å². The first-order chi connectivity index (χ1) is 9.48. The fourth-order valence-electron chi connectivity index (χ4n) is 2.50. The third kappa shape index (κ3) is 4.56. The highest BCUT2D eigenvalue weighted by molar-refractivity contribution is 7.88. The Hall–Kier alpha value is -0.950. The molecule has 20 heavy (non-hydrogen) atoms. The highest BCUT2D eigenvalue weighted by atomic mass is 32.2. The van der Waals surface area contributed by atoms with Gasteiger partial charge >= 0.3 is 0 Å². The molecule has 1 atom stereocenters. The van der Waals surface area contributed by atoms with Crippen LogP contribution in [0.15, 0.2) is 24.3 Å². The van der Waals surface area contributed by atoms with Crippen molar-refractivity contribution in [2.45, 2.75) is 24.8 Å². The largest absolute Gasteiger partial charge is 0.316 e. The summed E-state index contributed by atoms with van der Waals surface area (Å²) in [5, 5.41) is 3.07. The molecule has 0 bridgehead atoms. The number of rotatable bonds is 6. The molecule has 1 aromatic rings. The van der Waals surface area contributed by atoms with Crippen molar-refractivity contribution in [2.24, 2.45) is 0 Å². The van der Waals surface area contributed by atoms with E-state index in [0.29, 0.717) is 0 Å². The third-order valence-corrected chi connectivity index (χ3v) is 4.90. The number of likely N-dealkylation sites (N-methyl/N-ethyl adjacent to an activating group) is 1. The number of sulfonamides is 1. The summed E-state index contributed by atoms with van der Waals surface area (Å²) in [5.74, 6) is 0.0487. The summed E-state index contributed by atoms with van der Waals surface area (Å²) in [6.07, 6.45) is 0.886. The monoisotopic (exact) mass is 297 g/mol. The molecule has 1 fully saturated rings. The first kappa shape index (κ1) is 15.4. The number of benzene rings is 1. The molecule has 1 saturated heterocycles. The standard InChI is InChI=1S/C14H23N3O2S/c1-15-9-12-3-5-13(6-4-12)11-20(18,19)16-14-7-8-17(2)10-14/h3-6,14-16H,7-11H2,1-2H3. The van der Waals surface area contributed by atoms with E-state index in [9.17, 15) is 8.42 Å². The van der Waals surface area contributed by atoms with Crippen LogP contribution in [0.25, 0.3) is 0 Å². The van der Waals surface area contributed by atoms with Gasteiger partial charge in [0.05, 0.1) is 5.75 Å². The molecule has 0 saturated carbocycles. The lowest BCUT2D eigenvalue weighted by Gasteiger charge is -2.13. The summed E-state index contributed by atoms with van der Waals surface area (Å²) in [6, 6.07) is 7.74. The number of nitrogens with zero attached hydrogens (tertiary/aromatic N) is 1. The average Bonchev–Trinajstić information content (AvgIpc) is 2.76. The number of nitrogens with one attached hydrogen (secondary N) is 2. The number of likely N-dealkylation sites (tertiary alicyclic amines) is 1. The third-order valence-electron chi connectivity index (χ3n) is 3.50. The van der Waals surface area contributed by atoms with E-state index in [-0.39, 0.29) is 11.8 Å². The topological polar surface area (TPSA) is 61.4 Å². The van der Waals surface area contributed by atoms with Crippen LogP contribution in [0, 0.1) is 0 Å². The van der Waals surface area contributed by atoms with E-state index >= 15 is 0 Å². The Balaban J connectivity index is 1.93. The summed E-state index contributed by atoms with van der Waals surface area (Å²) in [4.78, 5) is 2.14. The van der Waals surface area contributed by atoms with Crippen LogP contribution in [0.4, 0.5) is 0 Å². The van der Waals surface area contributed by atoms with Gasteiger partial charge in [0.25, 0.3) is 0 Å². The summed E-state index contributed by atoms with van der Waals surface area (Å²) in [5.41, 5.74) is 1.97. The molecular formula is C14H23N3O2S. The second-order valence-corrected chi connectivity index (χ2v) is 7.23. The van der Waals surface area contributed by atoms with E-state index < -0.39 is 10.0 Å². The quantitative estimate of drug-likeness (QED) is 0.804. The van der Waals surface area contributed by atoms with Gasteiger partial charge < -0.3 is 10.2 Å². The maximum Gasteiger partial charge on any atom is 0.216 e. The highest BCUT2D eigenvalue weighted by Crippen LogP contribution is 2.11. The zero-order chi connectivity index (χ0) is 14.6. The molecule has 2 rings (SSSR count). The predicted molar refractivity (Wildman–Crippen MR) is 80.9 cm³/mol. The molecule has 1 heterocycles. The van der Waals surface area contributed by atoms with Gasteiger partial charge in [-0.05, 0) is 38.2 Å². The second-order valence-electron chi connectivity index (χ2n) is 5.47. The van der Waals surface area contributed by atoms with Crippen LogP contribution in [0.1, 0.15) is 17.5 Å². The zero-order valence-corrected chi connectivity index (χ0v) is 12.9. The molecule has 0 radical (unpaired) electrons. The summed E-state index contributed by atoms with van der Waals surface area (Å²) in [6.45, 7) is 2.53. The average molecular weight is 297 g/mol. The maximum absolute atomic E-state index is 12.1. The van der Waals surface area contributed by atoms with E-state index in [2.05, 4.69) is 14.9 Å². The van der Waals surface area contributed by atoms with Gasteiger partial charge in [-0.15, -0.1) is 0 Å². The van der Waals surface area contributed by atoms with Gasteiger partial charge in [-0.1, -0.05) is 24.3 Å². The fourth-order valence-corrected chi connectivity index (χ4v) is 3.92. The van der Waals surface area contributed by atoms with E-state index in [0.717, 1.165) is 37.2 Å². The van der Waals surface area contributed by atoms with Crippen molar-refractivity contribution in [3.63, 3.8) is 0 Å². The van der Waals surface area contributed by atoms with E-state index in [1.54, 1.807) is 0 Å². The lowest BCUT2D eigenvalue weighted by Crippen LogP contribution is -2.37. The smallest absolute Gasteiger partial charge is 0.216 e. The zero-order valence-electron chi connectivity index (χ0n) is 12.1. The predicted octanol–water partition coefficient (Wildman–Crippen LogP) is 0.530. The van der Waals surface area contributed by atoms with E-state index in [4.69, 9.17) is 0 Å². The minimum Gasteiger partial charge on any atom is -0.316 e. The van der Waals surface area contributed by atoms with Gasteiger partial charge in [0.2, 0.25) is 10.0 Å². The Morgan fingerprint density at radius 1 is 1.25 bits per heavy atom. The van der Waals surface area contributed by atoms with Crippen LogP contribution < -0.4 is 10.0 Å². The minimum absolute atomic E-state index is 0.0487. The molecule has 6 heteroatoms. The molecule has 1 aliphatic heterocycles. The summed E-state index contributed by atoms with van der Waals surface area (Å²) < 4.78 is 27.1. The van der Waals surface area contributed by atoms with Gasteiger partial charge in [-0.25, -0.2) is 13.1 Å². The molecule has 0 aliphatic carbocycles. The maximum atomic E-state index is 12.1. The van der Waals surface area contributed by atoms with Crippen molar-refractivity contribution in [3.8, 4) is 0 Å². The molecule has 1 aromatic carbocycles. The van der Waals surface area contributed by atoms with Gasteiger partial charge in [0, 0.05) is 19.1 Å². The van der Waals surface area contributed by atoms with Crippen LogP contribution in [0.2, 0.25) is 0 Å². The second kappa shape index (κ2) is 6.67. The molecule has 0 spiro atoms. The molecule has 1 aliphatic rings. The molecule has 0 aromatic heterocycles. The summed E-state index contributed by atoms with van der Waals surface area (Å²) >= 11 is 0. The van der Waals surface area contributed by atoms with Crippen LogP contribution in [0.3, 0.4) is 0 Å².